The molecule has 1 N–H and O–H groups in total. The van der Waals surface area contributed by atoms with Crippen LogP contribution in [-0.2, 0) is 21.4 Å². The zero-order chi connectivity index (χ0) is 23.5. The minimum absolute atomic E-state index is 0.0186. The minimum Gasteiger partial charge on any atom is -0.487 e. The number of anilines is 2. The van der Waals surface area contributed by atoms with E-state index in [1.54, 1.807) is 18.2 Å². The number of carbonyl (C=O) groups is 1. The number of rotatable bonds is 7. The fourth-order valence-corrected chi connectivity index (χ4v) is 4.85. The van der Waals surface area contributed by atoms with Gasteiger partial charge in [-0.3, -0.25) is 9.10 Å². The van der Waals surface area contributed by atoms with Crippen molar-refractivity contribution in [1.82, 2.24) is 0 Å². The maximum atomic E-state index is 12.7. The molecule has 2 aromatic carbocycles. The molecule has 6 nitrogen and oxygen atoms in total. The highest BCUT2D eigenvalue weighted by molar-refractivity contribution is 7.92. The molecule has 0 unspecified atom stereocenters. The van der Waals surface area contributed by atoms with E-state index in [2.05, 4.69) is 24.4 Å². The van der Waals surface area contributed by atoms with Crippen LogP contribution < -0.4 is 14.4 Å². The Hall–Kier alpha value is -2.54. The normalized spacial score (nSPS) is 14.8. The lowest BCUT2D eigenvalue weighted by atomic mass is 9.88. The Morgan fingerprint density at radius 2 is 1.69 bits per heavy atom. The van der Waals surface area contributed by atoms with Gasteiger partial charge in [-0.15, -0.1) is 0 Å². The van der Waals surface area contributed by atoms with Crippen LogP contribution in [0.3, 0.4) is 0 Å². The molecule has 0 saturated heterocycles. The zero-order valence-corrected chi connectivity index (χ0v) is 20.5. The first kappa shape index (κ1) is 24.1. The summed E-state index contributed by atoms with van der Waals surface area (Å²) in [6.45, 7) is 6.46. The molecule has 32 heavy (non-hydrogen) atoms. The van der Waals surface area contributed by atoms with E-state index in [9.17, 15) is 13.2 Å². The van der Waals surface area contributed by atoms with Gasteiger partial charge in [-0.25, -0.2) is 8.42 Å². The van der Waals surface area contributed by atoms with Gasteiger partial charge in [0.25, 0.3) is 0 Å². The highest BCUT2D eigenvalue weighted by atomic mass is 32.2. The molecule has 7 heteroatoms. The van der Waals surface area contributed by atoms with Crippen molar-refractivity contribution in [2.45, 2.75) is 59.5 Å². The van der Waals surface area contributed by atoms with Crippen molar-refractivity contribution >= 4 is 27.3 Å². The number of amides is 1. The van der Waals surface area contributed by atoms with Gasteiger partial charge in [-0.05, 0) is 62.4 Å². The molecule has 3 rings (SSSR count). The molecule has 1 aliphatic rings. The van der Waals surface area contributed by atoms with Crippen LogP contribution in [0.15, 0.2) is 30.3 Å². The van der Waals surface area contributed by atoms with Crippen LogP contribution in [0, 0.1) is 26.7 Å². The van der Waals surface area contributed by atoms with E-state index in [0.717, 1.165) is 48.6 Å². The Kier molecular flexibility index (Phi) is 7.49. The van der Waals surface area contributed by atoms with E-state index in [0.29, 0.717) is 23.7 Å². The van der Waals surface area contributed by atoms with Gasteiger partial charge < -0.3 is 10.1 Å². The van der Waals surface area contributed by atoms with Crippen molar-refractivity contribution in [2.24, 2.45) is 5.92 Å². The molecule has 0 atom stereocenters. The van der Waals surface area contributed by atoms with E-state index in [1.165, 1.54) is 23.3 Å². The lowest BCUT2D eigenvalue weighted by molar-refractivity contribution is -0.120. The lowest BCUT2D eigenvalue weighted by Gasteiger charge is -2.23. The minimum atomic E-state index is -3.47. The standard InChI is InChI=1S/C25H34N2O4S/c1-17-13-18(2)22(19(3)14-17)16-31-24-15-21(11-12-23(24)27(4)32(5,29)30)26-25(28)20-9-7-6-8-10-20/h11-15,20H,6-10,16H2,1-5H3,(H,26,28). The predicted octanol–water partition coefficient (Wildman–Crippen LogP) is 5.11. The maximum Gasteiger partial charge on any atom is 0.232 e. The molecular weight excluding hydrogens is 424 g/mol. The van der Waals surface area contributed by atoms with E-state index < -0.39 is 10.0 Å². The number of carbonyl (C=O) groups excluding carboxylic acids is 1. The lowest BCUT2D eigenvalue weighted by Crippen LogP contribution is -2.26. The van der Waals surface area contributed by atoms with Gasteiger partial charge in [0.05, 0.1) is 11.9 Å². The second-order valence-electron chi connectivity index (χ2n) is 8.90. The number of hydrogen-bond donors (Lipinski definition) is 1. The number of nitrogens with zero attached hydrogens (tertiary/aromatic N) is 1. The molecular formula is C25H34N2O4S. The Bertz CT molecular complexity index is 1070. The summed E-state index contributed by atoms with van der Waals surface area (Å²) in [6, 6.07) is 9.34. The SMILES string of the molecule is Cc1cc(C)c(COc2cc(NC(=O)C3CCCCC3)ccc2N(C)S(C)(=O)=O)c(C)c1. The van der Waals surface area contributed by atoms with Gasteiger partial charge >= 0.3 is 0 Å². The monoisotopic (exact) mass is 458 g/mol. The smallest absolute Gasteiger partial charge is 0.232 e. The van der Waals surface area contributed by atoms with Gasteiger partial charge in [-0.2, -0.15) is 0 Å². The highest BCUT2D eigenvalue weighted by Gasteiger charge is 2.22. The second-order valence-corrected chi connectivity index (χ2v) is 10.9. The van der Waals surface area contributed by atoms with Crippen molar-refractivity contribution in [3.05, 3.63) is 52.6 Å². The summed E-state index contributed by atoms with van der Waals surface area (Å²) in [5.74, 6) is 0.466. The summed E-state index contributed by atoms with van der Waals surface area (Å²) in [5, 5.41) is 3.00. The van der Waals surface area contributed by atoms with Crippen LogP contribution in [0.5, 0.6) is 5.75 Å². The predicted molar refractivity (Wildman–Crippen MR) is 130 cm³/mol. The number of hydrogen-bond acceptors (Lipinski definition) is 4. The van der Waals surface area contributed by atoms with E-state index in [1.807, 2.05) is 13.8 Å². The number of sulfonamides is 1. The molecule has 1 saturated carbocycles. The molecule has 0 heterocycles. The summed E-state index contributed by atoms with van der Waals surface area (Å²) >= 11 is 0. The molecule has 1 amide bonds. The van der Waals surface area contributed by atoms with Gasteiger partial charge in [0.2, 0.25) is 15.9 Å². The topological polar surface area (TPSA) is 75.7 Å². The number of nitrogens with one attached hydrogen (secondary N) is 1. The summed E-state index contributed by atoms with van der Waals surface area (Å²) in [6.07, 6.45) is 6.33. The van der Waals surface area contributed by atoms with Crippen LogP contribution in [0.4, 0.5) is 11.4 Å². The molecule has 0 aliphatic heterocycles. The average molecular weight is 459 g/mol. The van der Waals surface area contributed by atoms with Crippen molar-refractivity contribution in [3.63, 3.8) is 0 Å². The summed E-state index contributed by atoms with van der Waals surface area (Å²) in [5.41, 5.74) is 5.56. The second kappa shape index (κ2) is 9.94. The van der Waals surface area contributed by atoms with Gasteiger partial charge in [0, 0.05) is 24.7 Å². The van der Waals surface area contributed by atoms with Gasteiger partial charge in [-0.1, -0.05) is 37.0 Å². The van der Waals surface area contributed by atoms with Crippen LogP contribution in [0.25, 0.3) is 0 Å². The Morgan fingerprint density at radius 3 is 2.28 bits per heavy atom. The maximum absolute atomic E-state index is 12.7. The third-order valence-corrected chi connectivity index (χ3v) is 7.44. The molecule has 0 radical (unpaired) electrons. The van der Waals surface area contributed by atoms with E-state index in [-0.39, 0.29) is 11.8 Å². The van der Waals surface area contributed by atoms with E-state index in [4.69, 9.17) is 4.74 Å². The fourth-order valence-electron chi connectivity index (χ4n) is 4.34. The summed E-state index contributed by atoms with van der Waals surface area (Å²) in [7, 11) is -1.97. The average Bonchev–Trinajstić information content (AvgIpc) is 2.72. The van der Waals surface area contributed by atoms with E-state index >= 15 is 0 Å². The third-order valence-electron chi connectivity index (χ3n) is 6.25. The molecule has 0 bridgehead atoms. The molecule has 0 spiro atoms. The quantitative estimate of drug-likeness (QED) is 0.626. The Labute approximate surface area is 192 Å². The number of ether oxygens (including phenoxy) is 1. The molecule has 0 aromatic heterocycles. The van der Waals surface area contributed by atoms with Crippen LogP contribution in [0.2, 0.25) is 0 Å². The molecule has 174 valence electrons. The summed E-state index contributed by atoms with van der Waals surface area (Å²) < 4.78 is 31.7. The first-order chi connectivity index (χ1) is 15.1. The van der Waals surface area contributed by atoms with Crippen LogP contribution in [-0.4, -0.2) is 27.6 Å². The zero-order valence-electron chi connectivity index (χ0n) is 19.7. The third kappa shape index (κ3) is 5.82. The highest BCUT2D eigenvalue weighted by Crippen LogP contribution is 2.34. The van der Waals surface area contributed by atoms with Gasteiger partial charge in [0.1, 0.15) is 12.4 Å². The first-order valence-corrected chi connectivity index (χ1v) is 13.0. The number of aryl methyl sites for hydroxylation is 3. The van der Waals surface area contributed by atoms with Crippen molar-refractivity contribution < 1.29 is 17.9 Å². The molecule has 2 aromatic rings. The van der Waals surface area contributed by atoms with Crippen molar-refractivity contribution in [1.29, 1.82) is 0 Å². The Balaban J connectivity index is 1.88. The molecule has 1 fully saturated rings. The van der Waals surface area contributed by atoms with Crippen molar-refractivity contribution in [2.75, 3.05) is 22.9 Å². The number of benzene rings is 2. The first-order valence-electron chi connectivity index (χ1n) is 11.1. The van der Waals surface area contributed by atoms with Crippen LogP contribution >= 0.6 is 0 Å². The summed E-state index contributed by atoms with van der Waals surface area (Å²) in [4.78, 5) is 12.7. The van der Waals surface area contributed by atoms with Gasteiger partial charge in [0.15, 0.2) is 0 Å². The molecule has 1 aliphatic carbocycles. The van der Waals surface area contributed by atoms with Crippen LogP contribution in [0.1, 0.15) is 54.4 Å². The largest absolute Gasteiger partial charge is 0.487 e. The van der Waals surface area contributed by atoms with Crippen molar-refractivity contribution in [3.8, 4) is 5.75 Å². The fraction of sp³-hybridized carbons (Fsp3) is 0.480. The Morgan fingerprint density at radius 1 is 1.06 bits per heavy atom.